The number of ether oxygens (including phenoxy) is 1. The van der Waals surface area contributed by atoms with Crippen LogP contribution in [0.25, 0.3) is 6.08 Å². The van der Waals surface area contributed by atoms with Gasteiger partial charge in [-0.3, -0.25) is 4.79 Å². The van der Waals surface area contributed by atoms with Gasteiger partial charge >= 0.3 is 0 Å². The zero-order valence-electron chi connectivity index (χ0n) is 8.43. The average Bonchev–Trinajstić information content (AvgIpc) is 2.17. The number of nitrogens with two attached hydrogens (primary N) is 1. The van der Waals surface area contributed by atoms with Crippen LogP contribution in [0.2, 0.25) is 0 Å². The predicted molar refractivity (Wildman–Crippen MR) is 57.5 cm³/mol. The van der Waals surface area contributed by atoms with E-state index in [2.05, 4.69) is 0 Å². The number of amides is 1. The molecule has 0 saturated heterocycles. The highest BCUT2D eigenvalue weighted by molar-refractivity contribution is 5.76. The van der Waals surface area contributed by atoms with Crippen LogP contribution in [0.15, 0.2) is 24.3 Å². The van der Waals surface area contributed by atoms with Crippen LogP contribution in [0.4, 0.5) is 0 Å². The third-order valence-corrected chi connectivity index (χ3v) is 1.83. The van der Waals surface area contributed by atoms with Crippen molar-refractivity contribution < 1.29 is 14.6 Å². The summed E-state index contributed by atoms with van der Waals surface area (Å²) in [5, 5.41) is 9.26. The molecule has 1 rings (SSSR count). The molecule has 0 heterocycles. The second-order valence-corrected chi connectivity index (χ2v) is 3.00. The van der Waals surface area contributed by atoms with Gasteiger partial charge in [0.1, 0.15) is 11.5 Å². The van der Waals surface area contributed by atoms with Crippen LogP contribution >= 0.6 is 0 Å². The third-order valence-electron chi connectivity index (χ3n) is 1.83. The Labute approximate surface area is 88.0 Å². The lowest BCUT2D eigenvalue weighted by molar-refractivity contribution is -0.117. The summed E-state index contributed by atoms with van der Waals surface area (Å²) in [6.45, 7) is 0. The highest BCUT2D eigenvalue weighted by Crippen LogP contribution is 2.24. The van der Waals surface area contributed by atoms with Crippen molar-refractivity contribution in [3.63, 3.8) is 0 Å². The van der Waals surface area contributed by atoms with Crippen molar-refractivity contribution >= 4 is 12.0 Å². The molecule has 0 radical (unpaired) electrons. The molecule has 1 aromatic rings. The maximum Gasteiger partial charge on any atom is 0.221 e. The van der Waals surface area contributed by atoms with Gasteiger partial charge in [0.25, 0.3) is 0 Å². The minimum atomic E-state index is -0.398. The normalized spacial score (nSPS) is 10.5. The van der Waals surface area contributed by atoms with Gasteiger partial charge in [-0.25, -0.2) is 0 Å². The molecule has 0 bridgehead atoms. The van der Waals surface area contributed by atoms with Gasteiger partial charge in [0, 0.05) is 12.0 Å². The van der Waals surface area contributed by atoms with Crippen molar-refractivity contribution in [1.29, 1.82) is 0 Å². The Balaban J connectivity index is 2.87. The van der Waals surface area contributed by atoms with E-state index in [1.54, 1.807) is 24.3 Å². The van der Waals surface area contributed by atoms with Crippen LogP contribution in [0.1, 0.15) is 12.0 Å². The standard InChI is InChI=1S/C11H13NO3/c1-15-10-6-5-9(13)7-8(10)3-2-4-11(12)14/h2-3,5-7,13H,4H2,1H3,(H2,12,14). The largest absolute Gasteiger partial charge is 0.508 e. The summed E-state index contributed by atoms with van der Waals surface area (Å²) in [7, 11) is 1.54. The first kappa shape index (κ1) is 11.1. The Morgan fingerprint density at radius 1 is 1.60 bits per heavy atom. The molecule has 0 aliphatic heterocycles. The summed E-state index contributed by atoms with van der Waals surface area (Å²) in [6, 6.07) is 4.74. The van der Waals surface area contributed by atoms with Crippen LogP contribution in [0, 0.1) is 0 Å². The summed E-state index contributed by atoms with van der Waals surface area (Å²) in [5.41, 5.74) is 5.69. The highest BCUT2D eigenvalue weighted by Gasteiger charge is 2.00. The van der Waals surface area contributed by atoms with Gasteiger partial charge in [-0.1, -0.05) is 12.2 Å². The number of aromatic hydroxyl groups is 1. The van der Waals surface area contributed by atoms with E-state index in [9.17, 15) is 9.90 Å². The fourth-order valence-corrected chi connectivity index (χ4v) is 1.15. The number of primary amides is 1. The minimum Gasteiger partial charge on any atom is -0.508 e. The van der Waals surface area contributed by atoms with Crippen molar-refractivity contribution in [3.8, 4) is 11.5 Å². The average molecular weight is 207 g/mol. The molecule has 0 aliphatic rings. The number of hydrogen-bond acceptors (Lipinski definition) is 3. The lowest BCUT2D eigenvalue weighted by Crippen LogP contribution is -2.07. The number of phenolic OH excluding ortho intramolecular Hbond substituents is 1. The zero-order valence-corrected chi connectivity index (χ0v) is 8.43. The van der Waals surface area contributed by atoms with E-state index in [0.29, 0.717) is 11.3 Å². The van der Waals surface area contributed by atoms with E-state index in [4.69, 9.17) is 10.5 Å². The number of carbonyl (C=O) groups excluding carboxylic acids is 1. The minimum absolute atomic E-state index is 0.148. The maximum atomic E-state index is 10.5. The summed E-state index contributed by atoms with van der Waals surface area (Å²) in [5.74, 6) is 0.383. The molecule has 15 heavy (non-hydrogen) atoms. The van der Waals surface area contributed by atoms with Crippen molar-refractivity contribution in [2.45, 2.75) is 6.42 Å². The maximum absolute atomic E-state index is 10.5. The second-order valence-electron chi connectivity index (χ2n) is 3.00. The fourth-order valence-electron chi connectivity index (χ4n) is 1.15. The molecular weight excluding hydrogens is 194 g/mol. The molecule has 4 nitrogen and oxygen atoms in total. The van der Waals surface area contributed by atoms with E-state index in [1.165, 1.54) is 13.2 Å². The summed E-state index contributed by atoms with van der Waals surface area (Å²) < 4.78 is 5.08. The smallest absolute Gasteiger partial charge is 0.221 e. The molecule has 80 valence electrons. The van der Waals surface area contributed by atoms with Gasteiger partial charge in [-0.15, -0.1) is 0 Å². The van der Waals surface area contributed by atoms with Crippen molar-refractivity contribution in [2.24, 2.45) is 5.73 Å². The Morgan fingerprint density at radius 2 is 2.33 bits per heavy atom. The molecule has 4 heteroatoms. The fraction of sp³-hybridized carbons (Fsp3) is 0.182. The first-order valence-corrected chi connectivity index (χ1v) is 4.45. The lowest BCUT2D eigenvalue weighted by Gasteiger charge is -2.04. The van der Waals surface area contributed by atoms with Crippen LogP contribution in [-0.4, -0.2) is 18.1 Å². The number of hydrogen-bond donors (Lipinski definition) is 2. The van der Waals surface area contributed by atoms with Crippen LogP contribution in [-0.2, 0) is 4.79 Å². The number of benzene rings is 1. The topological polar surface area (TPSA) is 72.6 Å². The van der Waals surface area contributed by atoms with E-state index in [1.807, 2.05) is 0 Å². The first-order valence-electron chi connectivity index (χ1n) is 4.45. The highest BCUT2D eigenvalue weighted by atomic mass is 16.5. The van der Waals surface area contributed by atoms with Gasteiger partial charge < -0.3 is 15.6 Å². The van der Waals surface area contributed by atoms with Crippen molar-refractivity contribution in [2.75, 3.05) is 7.11 Å². The third kappa shape index (κ3) is 3.34. The number of phenols is 1. The SMILES string of the molecule is COc1ccc(O)cc1C=CCC(N)=O. The molecule has 3 N–H and O–H groups in total. The molecule has 0 spiro atoms. The number of methoxy groups -OCH3 is 1. The second kappa shape index (κ2) is 5.05. The summed E-state index contributed by atoms with van der Waals surface area (Å²) >= 11 is 0. The van der Waals surface area contributed by atoms with E-state index < -0.39 is 5.91 Å². The quantitative estimate of drug-likeness (QED) is 0.781. The van der Waals surface area contributed by atoms with Gasteiger partial charge in [-0.05, 0) is 18.2 Å². The monoisotopic (exact) mass is 207 g/mol. The number of rotatable bonds is 4. The van der Waals surface area contributed by atoms with Gasteiger partial charge in [0.15, 0.2) is 0 Å². The van der Waals surface area contributed by atoms with Gasteiger partial charge in [0.05, 0.1) is 7.11 Å². The predicted octanol–water partition coefficient (Wildman–Crippen LogP) is 1.29. The molecule has 0 atom stereocenters. The van der Waals surface area contributed by atoms with Crippen molar-refractivity contribution in [3.05, 3.63) is 29.8 Å². The van der Waals surface area contributed by atoms with Crippen LogP contribution < -0.4 is 10.5 Å². The van der Waals surface area contributed by atoms with Gasteiger partial charge in [-0.2, -0.15) is 0 Å². The Bertz CT molecular complexity index is 385. The lowest BCUT2D eigenvalue weighted by atomic mass is 10.1. The van der Waals surface area contributed by atoms with Crippen LogP contribution in [0.3, 0.4) is 0 Å². The van der Waals surface area contributed by atoms with E-state index in [0.717, 1.165) is 0 Å². The number of carbonyl (C=O) groups is 1. The molecule has 0 unspecified atom stereocenters. The molecular formula is C11H13NO3. The van der Waals surface area contributed by atoms with E-state index >= 15 is 0 Å². The molecule has 0 saturated carbocycles. The summed E-state index contributed by atoms with van der Waals surface area (Å²) in [6.07, 6.45) is 3.47. The zero-order chi connectivity index (χ0) is 11.3. The van der Waals surface area contributed by atoms with Crippen LogP contribution in [0.5, 0.6) is 11.5 Å². The first-order chi connectivity index (χ1) is 7.13. The van der Waals surface area contributed by atoms with Crippen molar-refractivity contribution in [1.82, 2.24) is 0 Å². The molecule has 0 aliphatic carbocycles. The van der Waals surface area contributed by atoms with E-state index in [-0.39, 0.29) is 12.2 Å². The Morgan fingerprint density at radius 3 is 2.93 bits per heavy atom. The Kier molecular flexibility index (Phi) is 3.74. The molecule has 1 aromatic carbocycles. The summed E-state index contributed by atoms with van der Waals surface area (Å²) in [4.78, 5) is 10.5. The Hall–Kier alpha value is -1.97. The molecule has 0 fully saturated rings. The molecule has 1 amide bonds. The van der Waals surface area contributed by atoms with Gasteiger partial charge in [0.2, 0.25) is 5.91 Å². The molecule has 0 aromatic heterocycles.